The van der Waals surface area contributed by atoms with Crippen LogP contribution in [0.4, 0.5) is 0 Å². The largest absolute Gasteiger partial charge is 0.490 e. The van der Waals surface area contributed by atoms with Gasteiger partial charge in [0.15, 0.2) is 0 Å². The first kappa shape index (κ1) is 12.8. The second kappa shape index (κ2) is 5.70. The molecule has 1 rings (SSSR count). The van der Waals surface area contributed by atoms with Crippen molar-refractivity contribution in [1.82, 2.24) is 0 Å². The van der Waals surface area contributed by atoms with E-state index < -0.39 is 0 Å². The normalized spacial score (nSPS) is 12.9. The average Bonchev–Trinajstić information content (AvgIpc) is 2.19. The van der Waals surface area contributed by atoms with Crippen LogP contribution in [0.1, 0.15) is 32.4 Å². The lowest BCUT2D eigenvalue weighted by Gasteiger charge is -2.17. The van der Waals surface area contributed by atoms with Crippen LogP contribution >= 0.6 is 22.6 Å². The number of rotatable bonds is 4. The molecule has 0 fully saturated rings. The highest BCUT2D eigenvalue weighted by Gasteiger charge is 2.12. The molecule has 1 atom stereocenters. The third-order valence-electron chi connectivity index (χ3n) is 2.15. The lowest BCUT2D eigenvalue weighted by molar-refractivity contribution is 0.118. The van der Waals surface area contributed by atoms with E-state index in [1.165, 1.54) is 5.56 Å². The molecule has 0 heterocycles. The molecule has 0 radical (unpaired) electrons. The van der Waals surface area contributed by atoms with Gasteiger partial charge in [-0.2, -0.15) is 0 Å². The molecule has 2 nitrogen and oxygen atoms in total. The summed E-state index contributed by atoms with van der Waals surface area (Å²) in [6, 6.07) is 6.07. The Balaban J connectivity index is 3.00. The number of halogens is 1. The van der Waals surface area contributed by atoms with Crippen molar-refractivity contribution in [3.05, 3.63) is 27.3 Å². The summed E-state index contributed by atoms with van der Waals surface area (Å²) in [6.45, 7) is 6.10. The molecular weight excluding hydrogens is 303 g/mol. The fourth-order valence-corrected chi connectivity index (χ4v) is 2.24. The Morgan fingerprint density at radius 1 is 1.20 bits per heavy atom. The molecule has 0 aliphatic carbocycles. The van der Waals surface area contributed by atoms with E-state index >= 15 is 0 Å². The molecule has 0 amide bonds. The first-order valence-electron chi connectivity index (χ1n) is 5.04. The van der Waals surface area contributed by atoms with Crippen molar-refractivity contribution in [3.63, 3.8) is 0 Å². The van der Waals surface area contributed by atoms with E-state index in [1.807, 2.05) is 32.9 Å². The van der Waals surface area contributed by atoms with Gasteiger partial charge < -0.3 is 9.47 Å². The van der Waals surface area contributed by atoms with Gasteiger partial charge >= 0.3 is 0 Å². The number of hydrogen-bond acceptors (Lipinski definition) is 2. The van der Waals surface area contributed by atoms with E-state index in [2.05, 4.69) is 28.7 Å². The first-order valence-corrected chi connectivity index (χ1v) is 6.12. The lowest BCUT2D eigenvalue weighted by atomic mass is 10.1. The Morgan fingerprint density at radius 2 is 1.87 bits per heavy atom. The summed E-state index contributed by atoms with van der Waals surface area (Å²) in [5, 5.41) is 0. The zero-order valence-electron chi connectivity index (χ0n) is 9.58. The van der Waals surface area contributed by atoms with Crippen LogP contribution in [-0.4, -0.2) is 13.2 Å². The molecule has 15 heavy (non-hydrogen) atoms. The smallest absolute Gasteiger partial charge is 0.133 e. The molecule has 84 valence electrons. The second-order valence-corrected chi connectivity index (χ2v) is 4.78. The maximum absolute atomic E-state index is 5.72. The van der Waals surface area contributed by atoms with Crippen LogP contribution in [0, 0.1) is 3.57 Å². The van der Waals surface area contributed by atoms with Gasteiger partial charge in [-0.25, -0.2) is 0 Å². The maximum Gasteiger partial charge on any atom is 0.133 e. The van der Waals surface area contributed by atoms with Gasteiger partial charge in [0, 0.05) is 7.11 Å². The van der Waals surface area contributed by atoms with Crippen LogP contribution in [0.5, 0.6) is 5.75 Å². The number of hydrogen-bond donors (Lipinski definition) is 0. The van der Waals surface area contributed by atoms with Crippen LogP contribution in [-0.2, 0) is 4.74 Å². The Morgan fingerprint density at radius 3 is 2.40 bits per heavy atom. The molecule has 0 aliphatic rings. The summed E-state index contributed by atoms with van der Waals surface area (Å²) in [6.07, 6.45) is 0.305. The van der Waals surface area contributed by atoms with Crippen molar-refractivity contribution in [2.75, 3.05) is 7.11 Å². The van der Waals surface area contributed by atoms with Crippen LogP contribution in [0.25, 0.3) is 0 Å². The van der Waals surface area contributed by atoms with Crippen LogP contribution in [0.2, 0.25) is 0 Å². The van der Waals surface area contributed by atoms with E-state index in [0.29, 0.717) is 0 Å². The number of benzene rings is 1. The minimum atomic E-state index is 0.104. The van der Waals surface area contributed by atoms with Gasteiger partial charge in [-0.15, -0.1) is 0 Å². The molecule has 0 saturated carbocycles. The zero-order valence-corrected chi connectivity index (χ0v) is 11.7. The van der Waals surface area contributed by atoms with Gasteiger partial charge in [0.2, 0.25) is 0 Å². The zero-order chi connectivity index (χ0) is 11.4. The van der Waals surface area contributed by atoms with Gasteiger partial charge in [-0.05, 0) is 55.0 Å². The number of ether oxygens (including phenoxy) is 2. The molecule has 0 aliphatic heterocycles. The lowest BCUT2D eigenvalue weighted by Crippen LogP contribution is -2.08. The predicted molar refractivity (Wildman–Crippen MR) is 70.3 cm³/mol. The topological polar surface area (TPSA) is 18.5 Å². The van der Waals surface area contributed by atoms with Crippen molar-refractivity contribution in [2.24, 2.45) is 0 Å². The molecular formula is C12H17IO2. The maximum atomic E-state index is 5.72. The van der Waals surface area contributed by atoms with E-state index in [1.54, 1.807) is 7.11 Å². The number of methoxy groups -OCH3 is 1. The molecule has 0 N–H and O–H groups in total. The summed E-state index contributed by atoms with van der Waals surface area (Å²) in [7, 11) is 1.72. The van der Waals surface area contributed by atoms with Gasteiger partial charge in [-0.3, -0.25) is 0 Å². The predicted octanol–water partition coefficient (Wildman–Crippen LogP) is 3.79. The fraction of sp³-hybridized carbons (Fsp3) is 0.500. The average molecular weight is 320 g/mol. The monoisotopic (exact) mass is 320 g/mol. The molecule has 1 aromatic rings. The van der Waals surface area contributed by atoms with Gasteiger partial charge in [0.1, 0.15) is 5.75 Å². The molecule has 0 saturated heterocycles. The first-order chi connectivity index (χ1) is 7.06. The van der Waals surface area contributed by atoms with Gasteiger partial charge in [0.25, 0.3) is 0 Å². The van der Waals surface area contributed by atoms with Crippen LogP contribution in [0.3, 0.4) is 0 Å². The summed E-state index contributed by atoms with van der Waals surface area (Å²) < 4.78 is 12.2. The van der Waals surface area contributed by atoms with E-state index in [9.17, 15) is 0 Å². The van der Waals surface area contributed by atoms with Gasteiger partial charge in [-0.1, -0.05) is 12.1 Å². The van der Waals surface area contributed by atoms with E-state index in [-0.39, 0.29) is 12.2 Å². The van der Waals surface area contributed by atoms with Crippen molar-refractivity contribution in [3.8, 4) is 5.75 Å². The minimum Gasteiger partial charge on any atom is -0.490 e. The quantitative estimate of drug-likeness (QED) is 0.786. The highest BCUT2D eigenvalue weighted by Crippen LogP contribution is 2.30. The summed E-state index contributed by atoms with van der Waals surface area (Å²) in [5.41, 5.74) is 1.18. The molecule has 0 unspecified atom stereocenters. The van der Waals surface area contributed by atoms with Crippen LogP contribution < -0.4 is 4.74 Å². The van der Waals surface area contributed by atoms with Crippen molar-refractivity contribution < 1.29 is 9.47 Å². The second-order valence-electron chi connectivity index (χ2n) is 3.70. The Hall–Kier alpha value is -0.290. The molecule has 0 spiro atoms. The summed E-state index contributed by atoms with van der Waals surface area (Å²) in [4.78, 5) is 0. The fourth-order valence-electron chi connectivity index (χ4n) is 1.31. The van der Waals surface area contributed by atoms with Crippen molar-refractivity contribution >= 4 is 22.6 Å². The summed E-state index contributed by atoms with van der Waals surface area (Å²) >= 11 is 2.31. The highest BCUT2D eigenvalue weighted by molar-refractivity contribution is 14.1. The summed E-state index contributed by atoms with van der Waals surface area (Å²) in [5.74, 6) is 0.937. The molecule has 1 aromatic carbocycles. The Labute approximate surface area is 105 Å². The molecule has 0 bridgehead atoms. The Kier molecular flexibility index (Phi) is 4.86. The van der Waals surface area contributed by atoms with E-state index in [0.717, 1.165) is 9.32 Å². The van der Waals surface area contributed by atoms with Crippen LogP contribution in [0.15, 0.2) is 18.2 Å². The Bertz CT molecular complexity index is 323. The minimum absolute atomic E-state index is 0.104. The SMILES string of the molecule is CO[C@@H](C)c1cccc(OC(C)C)c1I. The highest BCUT2D eigenvalue weighted by atomic mass is 127. The van der Waals surface area contributed by atoms with Crippen molar-refractivity contribution in [2.45, 2.75) is 33.0 Å². The van der Waals surface area contributed by atoms with Gasteiger partial charge in [0.05, 0.1) is 15.8 Å². The molecule has 3 heteroatoms. The third kappa shape index (κ3) is 3.34. The van der Waals surface area contributed by atoms with Crippen molar-refractivity contribution in [1.29, 1.82) is 0 Å². The van der Waals surface area contributed by atoms with E-state index in [4.69, 9.17) is 9.47 Å². The molecule has 0 aromatic heterocycles. The standard InChI is InChI=1S/C12H17IO2/c1-8(2)15-11-7-5-6-10(12(11)13)9(3)14-4/h5-9H,1-4H3/t9-/m0/s1. The third-order valence-corrected chi connectivity index (χ3v) is 3.30.